The Kier molecular flexibility index (Phi) is 6.65. The number of unbranched alkanes of at least 4 members (excludes halogenated alkanes) is 1. The molecule has 0 spiro atoms. The standard InChI is InChI=1S/C14H26O4/c1-4-7-12(15)18-14(16)13-11(17-13)9-6-5-8-10(2)3/h10-11,13-14,16H,4-9H2,1-3H3/t11-,13+,14?/m0/s1. The van der Waals surface area contributed by atoms with Crippen molar-refractivity contribution in [2.24, 2.45) is 5.92 Å². The van der Waals surface area contributed by atoms with Crippen LogP contribution in [0.2, 0.25) is 0 Å². The molecule has 0 aromatic carbocycles. The number of carbonyl (C=O) groups is 1. The fourth-order valence-corrected chi connectivity index (χ4v) is 2.00. The second kappa shape index (κ2) is 7.74. The third-order valence-electron chi connectivity index (χ3n) is 3.13. The van der Waals surface area contributed by atoms with Crippen LogP contribution < -0.4 is 0 Å². The van der Waals surface area contributed by atoms with Crippen molar-refractivity contribution in [2.45, 2.75) is 77.8 Å². The van der Waals surface area contributed by atoms with E-state index in [0.29, 0.717) is 6.42 Å². The molecule has 0 bridgehead atoms. The van der Waals surface area contributed by atoms with Gasteiger partial charge in [0.15, 0.2) is 0 Å². The zero-order chi connectivity index (χ0) is 13.5. The van der Waals surface area contributed by atoms with Gasteiger partial charge < -0.3 is 14.6 Å². The smallest absolute Gasteiger partial charge is 0.308 e. The first-order chi connectivity index (χ1) is 8.54. The molecule has 0 radical (unpaired) electrons. The molecule has 0 aliphatic carbocycles. The molecule has 4 heteroatoms. The van der Waals surface area contributed by atoms with Gasteiger partial charge in [-0.05, 0) is 18.8 Å². The molecule has 4 nitrogen and oxygen atoms in total. The Hall–Kier alpha value is -0.610. The summed E-state index contributed by atoms with van der Waals surface area (Å²) in [6, 6.07) is 0. The van der Waals surface area contributed by atoms with Crippen LogP contribution >= 0.6 is 0 Å². The van der Waals surface area contributed by atoms with Crippen molar-refractivity contribution in [3.05, 3.63) is 0 Å². The zero-order valence-electron chi connectivity index (χ0n) is 11.7. The summed E-state index contributed by atoms with van der Waals surface area (Å²) in [6.45, 7) is 6.33. The molecule has 18 heavy (non-hydrogen) atoms. The van der Waals surface area contributed by atoms with E-state index in [0.717, 1.165) is 25.2 Å². The second-order valence-corrected chi connectivity index (χ2v) is 5.45. The Balaban J connectivity index is 2.06. The summed E-state index contributed by atoms with van der Waals surface area (Å²) >= 11 is 0. The van der Waals surface area contributed by atoms with Crippen LogP contribution in [0.1, 0.15) is 59.3 Å². The lowest BCUT2D eigenvalue weighted by Crippen LogP contribution is -2.24. The number of rotatable bonds is 9. The highest BCUT2D eigenvalue weighted by Gasteiger charge is 2.45. The van der Waals surface area contributed by atoms with Crippen LogP contribution in [-0.2, 0) is 14.3 Å². The first kappa shape index (κ1) is 15.4. The number of carbonyl (C=O) groups excluding carboxylic acids is 1. The molecule has 1 saturated heterocycles. The molecular formula is C14H26O4. The maximum Gasteiger partial charge on any atom is 0.308 e. The van der Waals surface area contributed by atoms with Gasteiger partial charge in [0.2, 0.25) is 6.29 Å². The molecule has 1 aliphatic heterocycles. The normalized spacial score (nSPS) is 24.1. The lowest BCUT2D eigenvalue weighted by atomic mass is 10.0. The number of hydrogen-bond acceptors (Lipinski definition) is 4. The molecule has 0 aromatic heterocycles. The number of aliphatic hydroxyl groups is 1. The minimum atomic E-state index is -1.08. The van der Waals surface area contributed by atoms with Gasteiger partial charge in [-0.1, -0.05) is 40.0 Å². The van der Waals surface area contributed by atoms with E-state index in [1.165, 1.54) is 12.8 Å². The number of esters is 1. The summed E-state index contributed by atoms with van der Waals surface area (Å²) < 4.78 is 10.2. The van der Waals surface area contributed by atoms with Crippen molar-refractivity contribution in [3.63, 3.8) is 0 Å². The van der Waals surface area contributed by atoms with Crippen LogP contribution in [0.25, 0.3) is 0 Å². The van der Waals surface area contributed by atoms with Crippen molar-refractivity contribution >= 4 is 5.97 Å². The van der Waals surface area contributed by atoms with Gasteiger partial charge in [0, 0.05) is 6.42 Å². The Morgan fingerprint density at radius 2 is 2.11 bits per heavy atom. The third-order valence-corrected chi connectivity index (χ3v) is 3.13. The summed E-state index contributed by atoms with van der Waals surface area (Å²) in [5.74, 6) is 0.389. The first-order valence-electron chi connectivity index (χ1n) is 7.07. The van der Waals surface area contributed by atoms with E-state index >= 15 is 0 Å². The Labute approximate surface area is 110 Å². The van der Waals surface area contributed by atoms with Crippen molar-refractivity contribution in [2.75, 3.05) is 0 Å². The summed E-state index contributed by atoms with van der Waals surface area (Å²) in [5.41, 5.74) is 0. The summed E-state index contributed by atoms with van der Waals surface area (Å²) in [5, 5.41) is 9.63. The van der Waals surface area contributed by atoms with E-state index < -0.39 is 6.29 Å². The third kappa shape index (κ3) is 5.83. The van der Waals surface area contributed by atoms with Crippen LogP contribution in [0.5, 0.6) is 0 Å². The predicted octanol–water partition coefficient (Wildman–Crippen LogP) is 2.63. The molecule has 0 saturated carbocycles. The van der Waals surface area contributed by atoms with Crippen molar-refractivity contribution in [1.29, 1.82) is 0 Å². The van der Waals surface area contributed by atoms with Gasteiger partial charge >= 0.3 is 5.97 Å². The number of hydrogen-bond donors (Lipinski definition) is 1. The molecule has 1 rings (SSSR count). The lowest BCUT2D eigenvalue weighted by molar-refractivity contribution is -0.170. The average Bonchev–Trinajstić information content (AvgIpc) is 3.04. The molecule has 0 aromatic rings. The van der Waals surface area contributed by atoms with Gasteiger partial charge in [0.05, 0.1) is 6.10 Å². The SMILES string of the molecule is CCCC(=O)OC(O)[C@@H]1O[C@H]1CCCCC(C)C. The van der Waals surface area contributed by atoms with E-state index in [-0.39, 0.29) is 18.2 Å². The molecule has 0 amide bonds. The number of aliphatic hydroxyl groups excluding tert-OH is 1. The number of epoxide rings is 1. The molecule has 1 heterocycles. The Morgan fingerprint density at radius 3 is 2.72 bits per heavy atom. The molecular weight excluding hydrogens is 232 g/mol. The van der Waals surface area contributed by atoms with Crippen molar-refractivity contribution < 1.29 is 19.4 Å². The second-order valence-electron chi connectivity index (χ2n) is 5.45. The van der Waals surface area contributed by atoms with Crippen LogP contribution in [0, 0.1) is 5.92 Å². The molecule has 1 N–H and O–H groups in total. The molecule has 106 valence electrons. The fraction of sp³-hybridized carbons (Fsp3) is 0.929. The minimum Gasteiger partial charge on any atom is -0.433 e. The summed E-state index contributed by atoms with van der Waals surface area (Å²) in [4.78, 5) is 11.2. The predicted molar refractivity (Wildman–Crippen MR) is 69.0 cm³/mol. The summed E-state index contributed by atoms with van der Waals surface area (Å²) in [6.07, 6.45) is 4.24. The topological polar surface area (TPSA) is 59.1 Å². The van der Waals surface area contributed by atoms with Crippen molar-refractivity contribution in [3.8, 4) is 0 Å². The largest absolute Gasteiger partial charge is 0.433 e. The van der Waals surface area contributed by atoms with E-state index in [4.69, 9.17) is 9.47 Å². The van der Waals surface area contributed by atoms with Gasteiger partial charge in [-0.15, -0.1) is 0 Å². The minimum absolute atomic E-state index is 0.0709. The van der Waals surface area contributed by atoms with Gasteiger partial charge in [-0.2, -0.15) is 0 Å². The number of ether oxygens (including phenoxy) is 2. The van der Waals surface area contributed by atoms with Gasteiger partial charge in [-0.3, -0.25) is 4.79 Å². The Bertz CT molecular complexity index is 252. The van der Waals surface area contributed by atoms with E-state index in [1.807, 2.05) is 6.92 Å². The fourth-order valence-electron chi connectivity index (χ4n) is 2.00. The highest BCUT2D eigenvalue weighted by Crippen LogP contribution is 2.31. The lowest BCUT2D eigenvalue weighted by Gasteiger charge is -2.09. The maximum atomic E-state index is 11.2. The van der Waals surface area contributed by atoms with Gasteiger partial charge in [0.25, 0.3) is 0 Å². The first-order valence-corrected chi connectivity index (χ1v) is 7.07. The van der Waals surface area contributed by atoms with Crippen molar-refractivity contribution in [1.82, 2.24) is 0 Å². The van der Waals surface area contributed by atoms with E-state index in [9.17, 15) is 9.90 Å². The maximum absolute atomic E-state index is 11.2. The van der Waals surface area contributed by atoms with Crippen LogP contribution in [0.4, 0.5) is 0 Å². The Morgan fingerprint density at radius 1 is 1.39 bits per heavy atom. The highest BCUT2D eigenvalue weighted by atomic mass is 16.7. The van der Waals surface area contributed by atoms with E-state index in [2.05, 4.69) is 13.8 Å². The molecule has 1 unspecified atom stereocenters. The zero-order valence-corrected chi connectivity index (χ0v) is 11.7. The monoisotopic (exact) mass is 258 g/mol. The molecule has 1 fully saturated rings. The van der Waals surface area contributed by atoms with Crippen LogP contribution in [-0.4, -0.2) is 29.6 Å². The van der Waals surface area contributed by atoms with Gasteiger partial charge in [0.1, 0.15) is 6.10 Å². The average molecular weight is 258 g/mol. The highest BCUT2D eigenvalue weighted by molar-refractivity contribution is 5.69. The molecule has 1 aliphatic rings. The van der Waals surface area contributed by atoms with Crippen LogP contribution in [0.3, 0.4) is 0 Å². The summed E-state index contributed by atoms with van der Waals surface area (Å²) in [7, 11) is 0. The van der Waals surface area contributed by atoms with Crippen LogP contribution in [0.15, 0.2) is 0 Å². The van der Waals surface area contributed by atoms with Gasteiger partial charge in [-0.25, -0.2) is 0 Å². The quantitative estimate of drug-likeness (QED) is 0.299. The van der Waals surface area contributed by atoms with E-state index in [1.54, 1.807) is 0 Å². The molecule has 3 atom stereocenters.